The third-order valence-corrected chi connectivity index (χ3v) is 2.36. The van der Waals surface area contributed by atoms with Gasteiger partial charge in [0.25, 0.3) is 0 Å². The molecule has 1 aliphatic heterocycles. The smallest absolute Gasteiger partial charge is 0.309 e. The van der Waals surface area contributed by atoms with E-state index in [1.54, 1.807) is 6.92 Å². The van der Waals surface area contributed by atoms with E-state index in [0.29, 0.717) is 13.1 Å². The molecule has 0 aromatic carbocycles. The molecule has 1 saturated heterocycles. The molecule has 1 rings (SSSR count). The molecule has 1 heterocycles. The van der Waals surface area contributed by atoms with E-state index in [2.05, 4.69) is 15.5 Å². The van der Waals surface area contributed by atoms with Crippen LogP contribution in [0.2, 0.25) is 0 Å². The third kappa shape index (κ3) is 4.59. The molecule has 6 heteroatoms. The topological polar surface area (TPSA) is 70.7 Å². The molecular weight excluding hydrogens is 210 g/mol. The highest BCUT2D eigenvalue weighted by Crippen LogP contribution is 1.94. The SMILES string of the molecule is CCNC(=O)C(=O)NCCN1CCOCC1. The van der Waals surface area contributed by atoms with Crippen LogP contribution in [0.3, 0.4) is 0 Å². The minimum Gasteiger partial charge on any atom is -0.379 e. The molecule has 16 heavy (non-hydrogen) atoms. The predicted molar refractivity (Wildman–Crippen MR) is 59.0 cm³/mol. The summed E-state index contributed by atoms with van der Waals surface area (Å²) in [6.45, 7) is 6.75. The maximum atomic E-state index is 11.2. The Morgan fingerprint density at radius 2 is 1.81 bits per heavy atom. The van der Waals surface area contributed by atoms with E-state index in [0.717, 1.165) is 32.8 Å². The van der Waals surface area contributed by atoms with Gasteiger partial charge in [-0.15, -0.1) is 0 Å². The number of carbonyl (C=O) groups excluding carboxylic acids is 2. The van der Waals surface area contributed by atoms with Crippen LogP contribution in [0.15, 0.2) is 0 Å². The lowest BCUT2D eigenvalue weighted by atomic mass is 10.4. The molecule has 0 aliphatic carbocycles. The van der Waals surface area contributed by atoms with Gasteiger partial charge in [0.05, 0.1) is 13.2 Å². The second kappa shape index (κ2) is 7.19. The minimum atomic E-state index is -0.565. The van der Waals surface area contributed by atoms with Crippen molar-refractivity contribution in [2.24, 2.45) is 0 Å². The summed E-state index contributed by atoms with van der Waals surface area (Å²) in [7, 11) is 0. The molecule has 1 fully saturated rings. The maximum Gasteiger partial charge on any atom is 0.309 e. The van der Waals surface area contributed by atoms with Crippen LogP contribution >= 0.6 is 0 Å². The lowest BCUT2D eigenvalue weighted by Gasteiger charge is -2.26. The predicted octanol–water partition coefficient (Wildman–Crippen LogP) is -1.43. The quantitative estimate of drug-likeness (QED) is 0.580. The molecule has 0 bridgehead atoms. The molecule has 92 valence electrons. The zero-order chi connectivity index (χ0) is 11.8. The van der Waals surface area contributed by atoms with Crippen molar-refractivity contribution < 1.29 is 14.3 Å². The van der Waals surface area contributed by atoms with Crippen LogP contribution < -0.4 is 10.6 Å². The van der Waals surface area contributed by atoms with E-state index in [-0.39, 0.29) is 0 Å². The largest absolute Gasteiger partial charge is 0.379 e. The Bertz CT molecular complexity index is 239. The van der Waals surface area contributed by atoms with Crippen LogP contribution in [0, 0.1) is 0 Å². The fourth-order valence-electron chi connectivity index (χ4n) is 1.47. The van der Waals surface area contributed by atoms with E-state index in [1.807, 2.05) is 0 Å². The first-order valence-corrected chi connectivity index (χ1v) is 5.60. The number of likely N-dealkylation sites (N-methyl/N-ethyl adjacent to an activating group) is 1. The van der Waals surface area contributed by atoms with E-state index < -0.39 is 11.8 Å². The zero-order valence-electron chi connectivity index (χ0n) is 9.62. The minimum absolute atomic E-state index is 0.468. The highest BCUT2D eigenvalue weighted by Gasteiger charge is 2.13. The van der Waals surface area contributed by atoms with Crippen LogP contribution in [0.1, 0.15) is 6.92 Å². The first kappa shape index (κ1) is 12.9. The lowest BCUT2D eigenvalue weighted by molar-refractivity contribution is -0.139. The molecule has 6 nitrogen and oxygen atoms in total. The monoisotopic (exact) mass is 229 g/mol. The molecule has 1 aliphatic rings. The number of hydrogen-bond acceptors (Lipinski definition) is 4. The fourth-order valence-corrected chi connectivity index (χ4v) is 1.47. The van der Waals surface area contributed by atoms with Gasteiger partial charge in [-0.1, -0.05) is 0 Å². The van der Waals surface area contributed by atoms with Crippen molar-refractivity contribution in [1.29, 1.82) is 0 Å². The number of rotatable bonds is 4. The highest BCUT2D eigenvalue weighted by atomic mass is 16.5. The first-order valence-electron chi connectivity index (χ1n) is 5.60. The third-order valence-electron chi connectivity index (χ3n) is 2.36. The molecular formula is C10H19N3O3. The van der Waals surface area contributed by atoms with Gasteiger partial charge in [0.2, 0.25) is 0 Å². The van der Waals surface area contributed by atoms with Crippen LogP contribution in [0.5, 0.6) is 0 Å². The Morgan fingerprint density at radius 1 is 1.19 bits per heavy atom. The van der Waals surface area contributed by atoms with Crippen molar-refractivity contribution >= 4 is 11.8 Å². The fraction of sp³-hybridized carbons (Fsp3) is 0.800. The Hall–Kier alpha value is -1.14. The van der Waals surface area contributed by atoms with Gasteiger partial charge in [0, 0.05) is 32.7 Å². The van der Waals surface area contributed by atoms with Crippen molar-refractivity contribution in [2.75, 3.05) is 45.9 Å². The molecule has 0 radical (unpaired) electrons. The van der Waals surface area contributed by atoms with Gasteiger partial charge in [-0.2, -0.15) is 0 Å². The van der Waals surface area contributed by atoms with E-state index >= 15 is 0 Å². The Morgan fingerprint density at radius 3 is 2.44 bits per heavy atom. The molecule has 2 N–H and O–H groups in total. The Kier molecular flexibility index (Phi) is 5.81. The number of amides is 2. The number of nitrogens with one attached hydrogen (secondary N) is 2. The van der Waals surface area contributed by atoms with Gasteiger partial charge in [0.1, 0.15) is 0 Å². The average molecular weight is 229 g/mol. The standard InChI is InChI=1S/C10H19N3O3/c1-2-11-9(14)10(15)12-3-4-13-5-7-16-8-6-13/h2-8H2,1H3,(H,11,14)(H,12,15). The summed E-state index contributed by atoms with van der Waals surface area (Å²) in [4.78, 5) is 24.5. The van der Waals surface area contributed by atoms with Crippen LogP contribution in [0.25, 0.3) is 0 Å². The van der Waals surface area contributed by atoms with Crippen molar-refractivity contribution in [2.45, 2.75) is 6.92 Å². The molecule has 0 aromatic heterocycles. The summed E-state index contributed by atoms with van der Waals surface area (Å²) >= 11 is 0. The van der Waals surface area contributed by atoms with Crippen molar-refractivity contribution in [3.63, 3.8) is 0 Å². The van der Waals surface area contributed by atoms with Gasteiger partial charge < -0.3 is 15.4 Å². The normalized spacial score (nSPS) is 16.8. The summed E-state index contributed by atoms with van der Waals surface area (Å²) < 4.78 is 5.20. The van der Waals surface area contributed by atoms with Crippen LogP contribution in [-0.2, 0) is 14.3 Å². The van der Waals surface area contributed by atoms with Gasteiger partial charge >= 0.3 is 11.8 Å². The highest BCUT2D eigenvalue weighted by molar-refractivity contribution is 6.35. The number of morpholine rings is 1. The number of ether oxygens (including phenoxy) is 1. The number of carbonyl (C=O) groups is 2. The summed E-state index contributed by atoms with van der Waals surface area (Å²) in [6.07, 6.45) is 0. The summed E-state index contributed by atoms with van der Waals surface area (Å²) in [5, 5.41) is 5.03. The van der Waals surface area contributed by atoms with Crippen molar-refractivity contribution in [1.82, 2.24) is 15.5 Å². The number of hydrogen-bond donors (Lipinski definition) is 2. The Labute approximate surface area is 95.3 Å². The lowest BCUT2D eigenvalue weighted by Crippen LogP contribution is -2.45. The van der Waals surface area contributed by atoms with Gasteiger partial charge in [0.15, 0.2) is 0 Å². The maximum absolute atomic E-state index is 11.2. The van der Waals surface area contributed by atoms with Gasteiger partial charge in [-0.25, -0.2) is 0 Å². The molecule has 0 spiro atoms. The second-order valence-electron chi connectivity index (χ2n) is 3.57. The second-order valence-corrected chi connectivity index (χ2v) is 3.57. The Balaban J connectivity index is 2.09. The molecule has 0 aromatic rings. The summed E-state index contributed by atoms with van der Waals surface area (Å²) in [6, 6.07) is 0. The first-order chi connectivity index (χ1) is 7.74. The average Bonchev–Trinajstić information content (AvgIpc) is 2.30. The van der Waals surface area contributed by atoms with Gasteiger partial charge in [-0.3, -0.25) is 14.5 Å². The molecule has 0 atom stereocenters. The molecule has 0 saturated carbocycles. The van der Waals surface area contributed by atoms with E-state index in [9.17, 15) is 9.59 Å². The van der Waals surface area contributed by atoms with Crippen molar-refractivity contribution in [3.8, 4) is 0 Å². The van der Waals surface area contributed by atoms with Crippen LogP contribution in [0.4, 0.5) is 0 Å². The summed E-state index contributed by atoms with van der Waals surface area (Å²) in [5.41, 5.74) is 0. The van der Waals surface area contributed by atoms with Gasteiger partial charge in [-0.05, 0) is 6.92 Å². The zero-order valence-corrected chi connectivity index (χ0v) is 9.62. The van der Waals surface area contributed by atoms with E-state index in [1.165, 1.54) is 0 Å². The van der Waals surface area contributed by atoms with Crippen LogP contribution in [-0.4, -0.2) is 62.7 Å². The van der Waals surface area contributed by atoms with Crippen molar-refractivity contribution in [3.05, 3.63) is 0 Å². The molecule has 2 amide bonds. The van der Waals surface area contributed by atoms with E-state index in [4.69, 9.17) is 4.74 Å². The molecule has 0 unspecified atom stereocenters. The summed E-state index contributed by atoms with van der Waals surface area (Å²) in [5.74, 6) is -1.13. The number of nitrogens with zero attached hydrogens (tertiary/aromatic N) is 1.